The van der Waals surface area contributed by atoms with Crippen molar-refractivity contribution in [2.75, 3.05) is 6.54 Å². The molecule has 0 aromatic rings. The van der Waals surface area contributed by atoms with E-state index < -0.39 is 0 Å². The van der Waals surface area contributed by atoms with E-state index in [0.717, 1.165) is 4.90 Å². The minimum absolute atomic E-state index is 0.0856. The Kier molecular flexibility index (Phi) is 2.36. The maximum Gasteiger partial charge on any atom is 0.229 e. The van der Waals surface area contributed by atoms with E-state index in [4.69, 9.17) is 0 Å². The first-order valence-corrected chi connectivity index (χ1v) is 3.52. The SMILES string of the molecule is O=CCN1C(=O)CCCC1=O. The fourth-order valence-electron chi connectivity index (χ4n) is 1.08. The van der Waals surface area contributed by atoms with Crippen LogP contribution in [0.1, 0.15) is 19.3 Å². The zero-order chi connectivity index (χ0) is 8.27. The van der Waals surface area contributed by atoms with Gasteiger partial charge >= 0.3 is 0 Å². The summed E-state index contributed by atoms with van der Waals surface area (Å²) in [4.78, 5) is 32.9. The van der Waals surface area contributed by atoms with Crippen LogP contribution in [-0.4, -0.2) is 29.5 Å². The maximum absolute atomic E-state index is 10.9. The Hall–Kier alpha value is -1.19. The van der Waals surface area contributed by atoms with Crippen molar-refractivity contribution in [1.29, 1.82) is 0 Å². The van der Waals surface area contributed by atoms with Gasteiger partial charge in [0.25, 0.3) is 0 Å². The molecule has 0 aromatic heterocycles. The van der Waals surface area contributed by atoms with E-state index in [0.29, 0.717) is 25.5 Å². The number of nitrogens with zero attached hydrogens (tertiary/aromatic N) is 1. The Morgan fingerprint density at radius 2 is 1.82 bits per heavy atom. The van der Waals surface area contributed by atoms with Crippen LogP contribution in [0.3, 0.4) is 0 Å². The summed E-state index contributed by atoms with van der Waals surface area (Å²) in [5.41, 5.74) is 0. The molecule has 4 nitrogen and oxygen atoms in total. The average Bonchev–Trinajstić information content (AvgIpc) is 1.97. The van der Waals surface area contributed by atoms with Crippen LogP contribution >= 0.6 is 0 Å². The van der Waals surface area contributed by atoms with Crippen LogP contribution < -0.4 is 0 Å². The average molecular weight is 155 g/mol. The van der Waals surface area contributed by atoms with Crippen molar-refractivity contribution >= 4 is 18.1 Å². The lowest BCUT2D eigenvalue weighted by molar-refractivity contribution is -0.149. The Bertz CT molecular complexity index is 184. The third-order valence-corrected chi connectivity index (χ3v) is 1.64. The molecule has 0 bridgehead atoms. The third kappa shape index (κ3) is 1.63. The molecular formula is C7H9NO3. The summed E-state index contributed by atoms with van der Waals surface area (Å²) in [7, 11) is 0. The summed E-state index contributed by atoms with van der Waals surface area (Å²) < 4.78 is 0. The Balaban J connectivity index is 2.62. The molecule has 0 spiro atoms. The van der Waals surface area contributed by atoms with Gasteiger partial charge in [-0.25, -0.2) is 0 Å². The number of carbonyl (C=O) groups excluding carboxylic acids is 3. The normalized spacial score (nSPS) is 18.7. The number of amides is 2. The number of hydrogen-bond donors (Lipinski definition) is 0. The van der Waals surface area contributed by atoms with Gasteiger partial charge in [-0.05, 0) is 6.42 Å². The molecule has 0 aromatic carbocycles. The first kappa shape index (κ1) is 7.91. The van der Waals surface area contributed by atoms with Gasteiger partial charge in [0.1, 0.15) is 6.29 Å². The standard InChI is InChI=1S/C7H9NO3/c9-5-4-8-6(10)2-1-3-7(8)11/h5H,1-4H2. The third-order valence-electron chi connectivity index (χ3n) is 1.64. The molecule has 0 radical (unpaired) electrons. The summed E-state index contributed by atoms with van der Waals surface area (Å²) in [6, 6.07) is 0. The summed E-state index contributed by atoms with van der Waals surface area (Å²) in [5, 5.41) is 0. The Morgan fingerprint density at radius 1 is 1.27 bits per heavy atom. The Labute approximate surface area is 64.2 Å². The van der Waals surface area contributed by atoms with Crippen LogP contribution in [0.2, 0.25) is 0 Å². The first-order valence-electron chi connectivity index (χ1n) is 3.52. The number of rotatable bonds is 2. The number of imide groups is 1. The molecule has 0 atom stereocenters. The van der Waals surface area contributed by atoms with E-state index in [2.05, 4.69) is 0 Å². The molecule has 0 N–H and O–H groups in total. The highest BCUT2D eigenvalue weighted by molar-refractivity contribution is 5.98. The molecule has 1 fully saturated rings. The molecule has 0 saturated carbocycles. The monoisotopic (exact) mass is 155 g/mol. The van der Waals surface area contributed by atoms with Gasteiger partial charge in [-0.1, -0.05) is 0 Å². The molecule has 0 aliphatic carbocycles. The van der Waals surface area contributed by atoms with Crippen LogP contribution in [0.5, 0.6) is 0 Å². The molecule has 0 unspecified atom stereocenters. The molecular weight excluding hydrogens is 146 g/mol. The molecule has 1 aliphatic rings. The van der Waals surface area contributed by atoms with Crippen LogP contribution in [0.25, 0.3) is 0 Å². The topological polar surface area (TPSA) is 54.5 Å². The smallest absolute Gasteiger partial charge is 0.229 e. The molecule has 1 heterocycles. The second-order valence-electron chi connectivity index (χ2n) is 2.42. The van der Waals surface area contributed by atoms with Gasteiger partial charge in [-0.2, -0.15) is 0 Å². The highest BCUT2D eigenvalue weighted by Crippen LogP contribution is 2.10. The molecule has 2 amide bonds. The maximum atomic E-state index is 10.9. The van der Waals surface area contributed by atoms with Crippen molar-refractivity contribution in [3.8, 4) is 0 Å². The molecule has 11 heavy (non-hydrogen) atoms. The highest BCUT2D eigenvalue weighted by atomic mass is 16.2. The van der Waals surface area contributed by atoms with Gasteiger partial charge in [0.2, 0.25) is 11.8 Å². The first-order chi connectivity index (χ1) is 5.25. The summed E-state index contributed by atoms with van der Waals surface area (Å²) in [5.74, 6) is -0.457. The lowest BCUT2D eigenvalue weighted by atomic mass is 10.1. The van der Waals surface area contributed by atoms with Crippen molar-refractivity contribution in [3.05, 3.63) is 0 Å². The predicted octanol–water partition coefficient (Wildman–Crippen LogP) is -0.276. The van der Waals surface area contributed by atoms with Gasteiger partial charge in [0, 0.05) is 12.8 Å². The van der Waals surface area contributed by atoms with E-state index in [1.807, 2.05) is 0 Å². The van der Waals surface area contributed by atoms with Crippen LogP contribution in [-0.2, 0) is 14.4 Å². The molecule has 1 aliphatic heterocycles. The minimum atomic E-state index is -0.228. The van der Waals surface area contributed by atoms with E-state index in [9.17, 15) is 14.4 Å². The van der Waals surface area contributed by atoms with Crippen molar-refractivity contribution in [2.45, 2.75) is 19.3 Å². The fraction of sp³-hybridized carbons (Fsp3) is 0.571. The second-order valence-corrected chi connectivity index (χ2v) is 2.42. The van der Waals surface area contributed by atoms with Gasteiger partial charge in [0.05, 0.1) is 6.54 Å². The van der Waals surface area contributed by atoms with E-state index >= 15 is 0 Å². The molecule has 60 valence electrons. The minimum Gasteiger partial charge on any atom is -0.301 e. The zero-order valence-electron chi connectivity index (χ0n) is 6.08. The number of likely N-dealkylation sites (tertiary alicyclic amines) is 1. The fourth-order valence-corrected chi connectivity index (χ4v) is 1.08. The summed E-state index contributed by atoms with van der Waals surface area (Å²) in [6.45, 7) is -0.0856. The summed E-state index contributed by atoms with van der Waals surface area (Å²) in [6.07, 6.45) is 1.97. The van der Waals surface area contributed by atoms with Gasteiger partial charge in [-0.3, -0.25) is 14.5 Å². The van der Waals surface area contributed by atoms with Gasteiger partial charge in [-0.15, -0.1) is 0 Å². The zero-order valence-corrected chi connectivity index (χ0v) is 6.08. The Morgan fingerprint density at radius 3 is 2.27 bits per heavy atom. The quantitative estimate of drug-likeness (QED) is 0.407. The lowest BCUT2D eigenvalue weighted by Crippen LogP contribution is -2.41. The van der Waals surface area contributed by atoms with Gasteiger partial charge < -0.3 is 4.79 Å². The van der Waals surface area contributed by atoms with E-state index in [1.54, 1.807) is 0 Å². The van der Waals surface area contributed by atoms with Crippen LogP contribution in [0, 0.1) is 0 Å². The largest absolute Gasteiger partial charge is 0.301 e. The molecule has 4 heteroatoms. The van der Waals surface area contributed by atoms with Crippen molar-refractivity contribution in [2.24, 2.45) is 0 Å². The van der Waals surface area contributed by atoms with E-state index in [-0.39, 0.29) is 18.4 Å². The van der Waals surface area contributed by atoms with E-state index in [1.165, 1.54) is 0 Å². The molecule has 1 rings (SSSR count). The second kappa shape index (κ2) is 3.27. The van der Waals surface area contributed by atoms with Crippen molar-refractivity contribution in [1.82, 2.24) is 4.90 Å². The molecule has 1 saturated heterocycles. The highest BCUT2D eigenvalue weighted by Gasteiger charge is 2.24. The summed E-state index contributed by atoms with van der Waals surface area (Å²) >= 11 is 0. The van der Waals surface area contributed by atoms with Crippen molar-refractivity contribution in [3.63, 3.8) is 0 Å². The lowest BCUT2D eigenvalue weighted by Gasteiger charge is -2.22. The number of hydrogen-bond acceptors (Lipinski definition) is 3. The predicted molar refractivity (Wildman–Crippen MR) is 36.6 cm³/mol. The van der Waals surface area contributed by atoms with Crippen molar-refractivity contribution < 1.29 is 14.4 Å². The number of carbonyl (C=O) groups is 3. The number of piperidine rings is 1. The number of aldehydes is 1. The van der Waals surface area contributed by atoms with Crippen LogP contribution in [0.4, 0.5) is 0 Å². The van der Waals surface area contributed by atoms with Gasteiger partial charge in [0.15, 0.2) is 0 Å². The van der Waals surface area contributed by atoms with Crippen LogP contribution in [0.15, 0.2) is 0 Å².